The number of rotatable bonds is 4. The molecule has 0 radical (unpaired) electrons. The number of carbonyl (C=O) groups excluding carboxylic acids is 1. The molecule has 1 aliphatic heterocycles. The van der Waals surface area contributed by atoms with Gasteiger partial charge < -0.3 is 0 Å². The molecule has 0 bridgehead atoms. The molecule has 1 aliphatic rings. The van der Waals surface area contributed by atoms with Gasteiger partial charge in [-0.3, -0.25) is 4.79 Å². The van der Waals surface area contributed by atoms with Crippen molar-refractivity contribution in [2.24, 2.45) is 5.92 Å². The van der Waals surface area contributed by atoms with Crippen LogP contribution in [0.2, 0.25) is 0 Å². The molecular weight excluding hydrogens is 316 g/mol. The fourth-order valence-electron chi connectivity index (χ4n) is 2.28. The molecule has 1 saturated heterocycles. The molecule has 0 aromatic heterocycles. The topological polar surface area (TPSA) is 51.2 Å². The van der Waals surface area contributed by atoms with Crippen molar-refractivity contribution in [3.05, 3.63) is 34.3 Å². The predicted octanol–water partition coefficient (Wildman–Crippen LogP) is 2.39. The zero-order valence-corrected chi connectivity index (χ0v) is 12.3. The molecule has 1 heterocycles. The highest BCUT2D eigenvalue weighted by atomic mass is 79.9. The molecule has 1 fully saturated rings. The Morgan fingerprint density at radius 3 is 2.67 bits per heavy atom. The molecule has 5 heteroatoms. The molecule has 1 aromatic rings. The molecule has 2 rings (SSSR count). The molecule has 0 amide bonds. The first-order valence-electron chi connectivity index (χ1n) is 5.92. The number of carbonyl (C=O) groups is 1. The van der Waals surface area contributed by atoms with E-state index in [0.717, 1.165) is 10.0 Å². The van der Waals surface area contributed by atoms with Gasteiger partial charge in [-0.2, -0.15) is 0 Å². The van der Waals surface area contributed by atoms with E-state index in [1.807, 2.05) is 24.3 Å². The maximum absolute atomic E-state index is 11.9. The molecule has 0 N–H and O–H groups in total. The van der Waals surface area contributed by atoms with E-state index < -0.39 is 9.84 Å². The van der Waals surface area contributed by atoms with Gasteiger partial charge in [0.15, 0.2) is 9.84 Å². The van der Waals surface area contributed by atoms with Crippen LogP contribution in [-0.4, -0.2) is 25.7 Å². The molecule has 18 heavy (non-hydrogen) atoms. The van der Waals surface area contributed by atoms with Crippen LogP contribution >= 0.6 is 15.9 Å². The van der Waals surface area contributed by atoms with Crippen LogP contribution in [0.25, 0.3) is 0 Å². The summed E-state index contributed by atoms with van der Waals surface area (Å²) in [6, 6.07) is 7.62. The van der Waals surface area contributed by atoms with Gasteiger partial charge in [0, 0.05) is 17.3 Å². The Kier molecular flexibility index (Phi) is 4.22. The van der Waals surface area contributed by atoms with Crippen molar-refractivity contribution in [1.29, 1.82) is 0 Å². The van der Waals surface area contributed by atoms with Gasteiger partial charge in [0.05, 0.1) is 11.5 Å². The highest BCUT2D eigenvalue weighted by molar-refractivity contribution is 9.10. The van der Waals surface area contributed by atoms with Gasteiger partial charge in [0.25, 0.3) is 0 Å². The average molecular weight is 331 g/mol. The van der Waals surface area contributed by atoms with Gasteiger partial charge in [-0.1, -0.05) is 34.1 Å². The smallest absolute Gasteiger partial charge is 0.150 e. The zero-order valence-electron chi connectivity index (χ0n) is 9.93. The Hall–Kier alpha value is -0.680. The van der Waals surface area contributed by atoms with Crippen molar-refractivity contribution in [3.8, 4) is 0 Å². The molecular formula is C13H15BrO3S. The fraction of sp³-hybridized carbons (Fsp3) is 0.462. The average Bonchev–Trinajstić information content (AvgIpc) is 2.61. The van der Waals surface area contributed by atoms with Crippen molar-refractivity contribution in [2.75, 3.05) is 11.5 Å². The number of benzene rings is 1. The Morgan fingerprint density at radius 2 is 2.06 bits per heavy atom. The second kappa shape index (κ2) is 5.53. The quantitative estimate of drug-likeness (QED) is 0.851. The van der Waals surface area contributed by atoms with Gasteiger partial charge in [0.1, 0.15) is 5.78 Å². The van der Waals surface area contributed by atoms with E-state index in [2.05, 4.69) is 15.9 Å². The van der Waals surface area contributed by atoms with Crippen molar-refractivity contribution >= 4 is 31.6 Å². The minimum atomic E-state index is -2.88. The van der Waals surface area contributed by atoms with Crippen LogP contribution in [0.3, 0.4) is 0 Å². The van der Waals surface area contributed by atoms with E-state index in [0.29, 0.717) is 19.3 Å². The molecule has 1 atom stereocenters. The molecule has 1 unspecified atom stereocenters. The Labute approximate surface area is 116 Å². The van der Waals surface area contributed by atoms with Gasteiger partial charge in [-0.15, -0.1) is 0 Å². The third kappa shape index (κ3) is 3.65. The Morgan fingerprint density at radius 1 is 1.33 bits per heavy atom. The first kappa shape index (κ1) is 13.7. The lowest BCUT2D eigenvalue weighted by molar-refractivity contribution is -0.119. The summed E-state index contributed by atoms with van der Waals surface area (Å²) in [5.74, 6) is 0.545. The summed E-state index contributed by atoms with van der Waals surface area (Å²) in [4.78, 5) is 11.9. The largest absolute Gasteiger partial charge is 0.299 e. The van der Waals surface area contributed by atoms with E-state index in [1.165, 1.54) is 0 Å². The normalized spacial score (nSPS) is 21.9. The standard InChI is InChI=1S/C13H15BrO3S/c14-13-4-2-1-3-11(13)8-12(15)7-10-5-6-18(16,17)9-10/h1-4,10H,5-9H2. The van der Waals surface area contributed by atoms with Crippen LogP contribution in [0.15, 0.2) is 28.7 Å². The van der Waals surface area contributed by atoms with E-state index in [-0.39, 0.29) is 23.2 Å². The molecule has 3 nitrogen and oxygen atoms in total. The molecule has 0 aliphatic carbocycles. The van der Waals surface area contributed by atoms with E-state index in [4.69, 9.17) is 0 Å². The van der Waals surface area contributed by atoms with Crippen molar-refractivity contribution < 1.29 is 13.2 Å². The summed E-state index contributed by atoms with van der Waals surface area (Å²) >= 11 is 3.41. The summed E-state index contributed by atoms with van der Waals surface area (Å²) in [5, 5.41) is 0. The lowest BCUT2D eigenvalue weighted by atomic mass is 9.98. The first-order chi connectivity index (χ1) is 8.46. The van der Waals surface area contributed by atoms with Gasteiger partial charge in [-0.05, 0) is 24.0 Å². The third-order valence-electron chi connectivity index (χ3n) is 3.19. The molecule has 1 aromatic carbocycles. The summed E-state index contributed by atoms with van der Waals surface area (Å²) < 4.78 is 23.6. The van der Waals surface area contributed by atoms with Gasteiger partial charge >= 0.3 is 0 Å². The highest BCUT2D eigenvalue weighted by Crippen LogP contribution is 2.23. The van der Waals surface area contributed by atoms with Crippen LogP contribution in [0.4, 0.5) is 0 Å². The van der Waals surface area contributed by atoms with Crippen LogP contribution in [0.1, 0.15) is 18.4 Å². The third-order valence-corrected chi connectivity index (χ3v) is 5.80. The van der Waals surface area contributed by atoms with Crippen molar-refractivity contribution in [3.63, 3.8) is 0 Å². The van der Waals surface area contributed by atoms with E-state index in [9.17, 15) is 13.2 Å². The maximum Gasteiger partial charge on any atom is 0.150 e. The number of ketones is 1. The molecule has 98 valence electrons. The van der Waals surface area contributed by atoms with Gasteiger partial charge in [-0.25, -0.2) is 8.42 Å². The van der Waals surface area contributed by atoms with Crippen LogP contribution in [-0.2, 0) is 21.1 Å². The van der Waals surface area contributed by atoms with E-state index in [1.54, 1.807) is 0 Å². The summed E-state index contributed by atoms with van der Waals surface area (Å²) in [7, 11) is -2.88. The van der Waals surface area contributed by atoms with Crippen molar-refractivity contribution in [1.82, 2.24) is 0 Å². The molecule has 0 spiro atoms. The minimum Gasteiger partial charge on any atom is -0.299 e. The zero-order chi connectivity index (χ0) is 13.2. The number of sulfone groups is 1. The van der Waals surface area contributed by atoms with E-state index >= 15 is 0 Å². The van der Waals surface area contributed by atoms with Crippen LogP contribution < -0.4 is 0 Å². The monoisotopic (exact) mass is 330 g/mol. The highest BCUT2D eigenvalue weighted by Gasteiger charge is 2.29. The number of Topliss-reactive ketones (excluding diaryl/α,β-unsaturated/α-hetero) is 1. The number of hydrogen-bond donors (Lipinski definition) is 0. The maximum atomic E-state index is 11.9. The number of hydrogen-bond acceptors (Lipinski definition) is 3. The SMILES string of the molecule is O=C(Cc1ccccc1Br)CC1CCS(=O)(=O)C1. The summed E-state index contributed by atoms with van der Waals surface area (Å²) in [6.07, 6.45) is 1.38. The first-order valence-corrected chi connectivity index (χ1v) is 8.53. The summed E-state index contributed by atoms with van der Waals surface area (Å²) in [6.45, 7) is 0. The lowest BCUT2D eigenvalue weighted by Crippen LogP contribution is -2.12. The lowest BCUT2D eigenvalue weighted by Gasteiger charge is -2.07. The second-order valence-corrected chi connectivity index (χ2v) is 7.86. The minimum absolute atomic E-state index is 0.0185. The summed E-state index contributed by atoms with van der Waals surface area (Å²) in [5.41, 5.74) is 0.961. The fourth-order valence-corrected chi connectivity index (χ4v) is 4.57. The van der Waals surface area contributed by atoms with Crippen LogP contribution in [0, 0.1) is 5.92 Å². The van der Waals surface area contributed by atoms with Crippen LogP contribution in [0.5, 0.6) is 0 Å². The Bertz CT molecular complexity index is 551. The predicted molar refractivity (Wildman–Crippen MR) is 74.2 cm³/mol. The second-order valence-electron chi connectivity index (χ2n) is 4.78. The molecule has 0 saturated carbocycles. The van der Waals surface area contributed by atoms with Gasteiger partial charge in [0.2, 0.25) is 0 Å². The van der Waals surface area contributed by atoms with Crippen molar-refractivity contribution in [2.45, 2.75) is 19.3 Å². The number of halogens is 1. The Balaban J connectivity index is 1.92.